The quantitative estimate of drug-likeness (QED) is 0.656. The Bertz CT molecular complexity index is 1030. The highest BCUT2D eigenvalue weighted by molar-refractivity contribution is 5.76. The molecule has 1 saturated heterocycles. The van der Waals surface area contributed by atoms with Crippen LogP contribution < -0.4 is 5.69 Å². The average molecular weight is 383 g/mol. The van der Waals surface area contributed by atoms with Gasteiger partial charge in [0.2, 0.25) is 0 Å². The molecule has 3 aromatic rings. The lowest BCUT2D eigenvalue weighted by atomic mass is 10.1. The number of imidazole rings is 1. The minimum absolute atomic E-state index is 0.0327. The molecular formula is C22H26FN3O2. The summed E-state index contributed by atoms with van der Waals surface area (Å²) in [7, 11) is 3.57. The van der Waals surface area contributed by atoms with Gasteiger partial charge in [-0.1, -0.05) is 24.3 Å². The highest BCUT2D eigenvalue weighted by Gasteiger charge is 2.21. The van der Waals surface area contributed by atoms with E-state index in [1.54, 1.807) is 29.3 Å². The van der Waals surface area contributed by atoms with Gasteiger partial charge in [0.25, 0.3) is 0 Å². The number of aromatic nitrogens is 2. The fourth-order valence-corrected chi connectivity index (χ4v) is 4.04. The summed E-state index contributed by atoms with van der Waals surface area (Å²) in [5, 5.41) is 0. The van der Waals surface area contributed by atoms with Crippen molar-refractivity contribution >= 4 is 11.0 Å². The fraction of sp³-hybridized carbons (Fsp3) is 0.409. The van der Waals surface area contributed by atoms with Crippen molar-refractivity contribution in [2.45, 2.75) is 32.0 Å². The number of halogens is 1. The van der Waals surface area contributed by atoms with Crippen LogP contribution in [0.25, 0.3) is 11.0 Å². The molecule has 1 aromatic heterocycles. The lowest BCUT2D eigenvalue weighted by Gasteiger charge is -2.25. The van der Waals surface area contributed by atoms with Gasteiger partial charge >= 0.3 is 5.69 Å². The predicted octanol–water partition coefficient (Wildman–Crippen LogP) is 3.20. The molecule has 1 fully saturated rings. The summed E-state index contributed by atoms with van der Waals surface area (Å²) < 4.78 is 23.3. The molecule has 0 spiro atoms. The van der Waals surface area contributed by atoms with E-state index in [1.165, 1.54) is 6.07 Å². The van der Waals surface area contributed by atoms with Crippen LogP contribution in [0, 0.1) is 5.82 Å². The van der Waals surface area contributed by atoms with E-state index in [0.29, 0.717) is 18.7 Å². The van der Waals surface area contributed by atoms with E-state index in [4.69, 9.17) is 4.74 Å². The van der Waals surface area contributed by atoms with Crippen LogP contribution in [0.15, 0.2) is 47.3 Å². The third kappa shape index (κ3) is 3.75. The SMILES string of the molecule is Cn1c(=O)n(C)c2cc(CN(Cc3ccccc3F)CC3CCCO3)ccc21. The van der Waals surface area contributed by atoms with Crippen LogP contribution in [0.4, 0.5) is 4.39 Å². The first-order chi connectivity index (χ1) is 13.5. The van der Waals surface area contributed by atoms with E-state index in [0.717, 1.165) is 42.6 Å². The highest BCUT2D eigenvalue weighted by Crippen LogP contribution is 2.20. The Morgan fingerprint density at radius 2 is 1.89 bits per heavy atom. The van der Waals surface area contributed by atoms with E-state index in [1.807, 2.05) is 24.3 Å². The van der Waals surface area contributed by atoms with Crippen molar-refractivity contribution in [3.8, 4) is 0 Å². The van der Waals surface area contributed by atoms with E-state index >= 15 is 0 Å². The second kappa shape index (κ2) is 7.89. The molecule has 5 nitrogen and oxygen atoms in total. The molecule has 0 aliphatic carbocycles. The monoisotopic (exact) mass is 383 g/mol. The molecule has 2 aromatic carbocycles. The lowest BCUT2D eigenvalue weighted by molar-refractivity contribution is 0.0675. The maximum Gasteiger partial charge on any atom is 0.328 e. The minimum Gasteiger partial charge on any atom is -0.377 e. The highest BCUT2D eigenvalue weighted by atomic mass is 19.1. The second-order valence-corrected chi connectivity index (χ2v) is 7.62. The van der Waals surface area contributed by atoms with Crippen molar-refractivity contribution < 1.29 is 9.13 Å². The van der Waals surface area contributed by atoms with E-state index in [-0.39, 0.29) is 17.6 Å². The molecule has 6 heteroatoms. The zero-order valence-corrected chi connectivity index (χ0v) is 16.4. The number of hydrogen-bond acceptors (Lipinski definition) is 3. The summed E-state index contributed by atoms with van der Waals surface area (Å²) >= 11 is 0. The molecular weight excluding hydrogens is 357 g/mol. The summed E-state index contributed by atoms with van der Waals surface area (Å²) in [6, 6.07) is 13.0. The van der Waals surface area contributed by atoms with Crippen molar-refractivity contribution in [1.82, 2.24) is 14.0 Å². The van der Waals surface area contributed by atoms with Crippen molar-refractivity contribution in [2.24, 2.45) is 14.1 Å². The molecule has 2 heterocycles. The maximum atomic E-state index is 14.2. The van der Waals surface area contributed by atoms with Crippen molar-refractivity contribution in [3.63, 3.8) is 0 Å². The van der Waals surface area contributed by atoms with Crippen LogP contribution in [0.1, 0.15) is 24.0 Å². The molecule has 0 N–H and O–H groups in total. The molecule has 4 rings (SSSR count). The first kappa shape index (κ1) is 18.9. The van der Waals surface area contributed by atoms with E-state index < -0.39 is 0 Å². The molecule has 148 valence electrons. The second-order valence-electron chi connectivity index (χ2n) is 7.62. The normalized spacial score (nSPS) is 17.1. The van der Waals surface area contributed by atoms with Gasteiger partial charge in [0.15, 0.2) is 0 Å². The summed E-state index contributed by atoms with van der Waals surface area (Å²) in [4.78, 5) is 14.4. The van der Waals surface area contributed by atoms with Gasteiger partial charge in [-0.05, 0) is 36.6 Å². The third-order valence-corrected chi connectivity index (χ3v) is 5.58. The Hall–Kier alpha value is -2.44. The van der Waals surface area contributed by atoms with Gasteiger partial charge in [-0.3, -0.25) is 14.0 Å². The molecule has 28 heavy (non-hydrogen) atoms. The maximum absolute atomic E-state index is 14.2. The van der Waals surface area contributed by atoms with Gasteiger partial charge < -0.3 is 4.74 Å². The van der Waals surface area contributed by atoms with E-state index in [2.05, 4.69) is 11.0 Å². The summed E-state index contributed by atoms with van der Waals surface area (Å²) in [5.41, 5.74) is 3.58. The van der Waals surface area contributed by atoms with Crippen LogP contribution in [0.2, 0.25) is 0 Å². The zero-order valence-electron chi connectivity index (χ0n) is 16.4. The Kier molecular flexibility index (Phi) is 5.33. The molecule has 0 radical (unpaired) electrons. The average Bonchev–Trinajstić information content (AvgIpc) is 3.27. The minimum atomic E-state index is -0.180. The van der Waals surface area contributed by atoms with E-state index in [9.17, 15) is 9.18 Å². The standard InChI is InChI=1S/C22H26FN3O2/c1-24-20-10-9-16(12-21(20)25(2)22(24)27)13-26(15-18-7-5-11-28-18)14-17-6-3-4-8-19(17)23/h3-4,6,8-10,12,18H,5,7,11,13-15H2,1-2H3. The number of ether oxygens (including phenoxy) is 1. The van der Waals surface area contributed by atoms with Crippen LogP contribution in [0.5, 0.6) is 0 Å². The largest absolute Gasteiger partial charge is 0.377 e. The van der Waals surface area contributed by atoms with Crippen LogP contribution in [-0.2, 0) is 31.9 Å². The smallest absolute Gasteiger partial charge is 0.328 e. The van der Waals surface area contributed by atoms with Gasteiger partial charge in [-0.25, -0.2) is 9.18 Å². The Balaban J connectivity index is 1.61. The number of nitrogens with zero attached hydrogens (tertiary/aromatic N) is 3. The molecule has 1 unspecified atom stereocenters. The third-order valence-electron chi connectivity index (χ3n) is 5.58. The topological polar surface area (TPSA) is 39.4 Å². The van der Waals surface area contributed by atoms with Crippen molar-refractivity contribution in [1.29, 1.82) is 0 Å². The summed E-state index contributed by atoms with van der Waals surface area (Å²) in [6.45, 7) is 2.77. The number of fused-ring (bicyclic) bond motifs is 1. The van der Waals surface area contributed by atoms with Gasteiger partial charge in [0.1, 0.15) is 5.82 Å². The summed E-state index contributed by atoms with van der Waals surface area (Å²) in [6.07, 6.45) is 2.31. The lowest BCUT2D eigenvalue weighted by Crippen LogP contribution is -2.31. The Morgan fingerprint density at radius 3 is 2.64 bits per heavy atom. The molecule has 1 aliphatic rings. The van der Waals surface area contributed by atoms with Crippen LogP contribution in [0.3, 0.4) is 0 Å². The molecule has 0 amide bonds. The number of hydrogen-bond donors (Lipinski definition) is 0. The van der Waals surface area contributed by atoms with Gasteiger partial charge in [-0.2, -0.15) is 0 Å². The fourth-order valence-electron chi connectivity index (χ4n) is 4.04. The van der Waals surface area contributed by atoms with Crippen molar-refractivity contribution in [3.05, 3.63) is 69.9 Å². The van der Waals surface area contributed by atoms with Crippen LogP contribution >= 0.6 is 0 Å². The molecule has 0 saturated carbocycles. The predicted molar refractivity (Wildman–Crippen MR) is 108 cm³/mol. The number of rotatable bonds is 6. The Labute approximate surface area is 163 Å². The van der Waals surface area contributed by atoms with Gasteiger partial charge in [0, 0.05) is 45.9 Å². The first-order valence-corrected chi connectivity index (χ1v) is 9.74. The molecule has 1 atom stereocenters. The van der Waals surface area contributed by atoms with Crippen molar-refractivity contribution in [2.75, 3.05) is 13.2 Å². The van der Waals surface area contributed by atoms with Crippen LogP contribution in [-0.4, -0.2) is 33.3 Å². The number of benzene rings is 2. The number of aryl methyl sites for hydroxylation is 2. The first-order valence-electron chi connectivity index (χ1n) is 9.74. The molecule has 0 bridgehead atoms. The Morgan fingerprint density at radius 1 is 1.11 bits per heavy atom. The van der Waals surface area contributed by atoms with Gasteiger partial charge in [-0.15, -0.1) is 0 Å². The summed E-state index contributed by atoms with van der Waals surface area (Å²) in [5.74, 6) is -0.180. The van der Waals surface area contributed by atoms with Gasteiger partial charge in [0.05, 0.1) is 17.1 Å². The molecule has 1 aliphatic heterocycles. The zero-order chi connectivity index (χ0) is 19.7.